The summed E-state index contributed by atoms with van der Waals surface area (Å²) in [6.07, 6.45) is 3.60. The van der Waals surface area contributed by atoms with Crippen LogP contribution in [0.5, 0.6) is 0 Å². The van der Waals surface area contributed by atoms with Gasteiger partial charge >= 0.3 is 0 Å². The molecule has 5 nitrogen and oxygen atoms in total. The molecule has 1 aliphatic heterocycles. The maximum Gasteiger partial charge on any atom is 0.223 e. The lowest BCUT2D eigenvalue weighted by Gasteiger charge is -2.28. The fourth-order valence-electron chi connectivity index (χ4n) is 2.25. The van der Waals surface area contributed by atoms with E-state index in [0.29, 0.717) is 6.42 Å². The minimum Gasteiger partial charge on any atom is -0.340 e. The largest absolute Gasteiger partial charge is 0.340 e. The Morgan fingerprint density at radius 1 is 1.41 bits per heavy atom. The van der Waals surface area contributed by atoms with Gasteiger partial charge in [0.15, 0.2) is 0 Å². The highest BCUT2D eigenvalue weighted by molar-refractivity contribution is 7.11. The number of piperazine rings is 1. The number of aryl methyl sites for hydroxylation is 1. The van der Waals surface area contributed by atoms with Gasteiger partial charge in [-0.1, -0.05) is 6.92 Å². The lowest BCUT2D eigenvalue weighted by atomic mass is 10.3. The van der Waals surface area contributed by atoms with Crippen LogP contribution in [0.1, 0.15) is 23.2 Å². The van der Waals surface area contributed by atoms with E-state index in [4.69, 9.17) is 0 Å². The van der Waals surface area contributed by atoms with Crippen molar-refractivity contribution in [3.8, 4) is 0 Å². The summed E-state index contributed by atoms with van der Waals surface area (Å²) in [5.41, 5.74) is 0. The van der Waals surface area contributed by atoms with Crippen molar-refractivity contribution in [3.63, 3.8) is 0 Å². The van der Waals surface area contributed by atoms with E-state index in [-0.39, 0.29) is 30.7 Å². The van der Waals surface area contributed by atoms with Crippen LogP contribution in [0.2, 0.25) is 0 Å². The summed E-state index contributed by atoms with van der Waals surface area (Å²) in [4.78, 5) is 21.9. The molecular formula is C14H26Cl2N4OS. The van der Waals surface area contributed by atoms with Crippen LogP contribution < -0.4 is 5.32 Å². The fourth-order valence-corrected chi connectivity index (χ4v) is 3.20. The highest BCUT2D eigenvalue weighted by Gasteiger charge is 2.16. The molecular weight excluding hydrogens is 343 g/mol. The summed E-state index contributed by atoms with van der Waals surface area (Å²) >= 11 is 1.77. The van der Waals surface area contributed by atoms with Gasteiger partial charge in [0.05, 0.1) is 6.54 Å². The van der Waals surface area contributed by atoms with Gasteiger partial charge in [-0.2, -0.15) is 0 Å². The highest BCUT2D eigenvalue weighted by Crippen LogP contribution is 2.14. The molecule has 8 heteroatoms. The Hall–Kier alpha value is -0.400. The Balaban J connectivity index is 0.00000220. The normalized spacial score (nSPS) is 14.4. The Labute approximate surface area is 149 Å². The molecule has 1 aliphatic rings. The third-order valence-electron chi connectivity index (χ3n) is 3.53. The zero-order valence-corrected chi connectivity index (χ0v) is 15.7. The lowest BCUT2D eigenvalue weighted by Crippen LogP contribution is -2.47. The highest BCUT2D eigenvalue weighted by atomic mass is 35.5. The van der Waals surface area contributed by atoms with Crippen molar-refractivity contribution in [2.24, 2.45) is 0 Å². The molecule has 0 spiro atoms. The molecule has 0 radical (unpaired) electrons. The summed E-state index contributed by atoms with van der Waals surface area (Å²) in [5, 5.41) is 4.40. The third-order valence-corrected chi connectivity index (χ3v) is 4.66. The van der Waals surface area contributed by atoms with Gasteiger partial charge in [0.1, 0.15) is 5.01 Å². The topological polar surface area (TPSA) is 48.5 Å². The van der Waals surface area contributed by atoms with Crippen molar-refractivity contribution in [1.29, 1.82) is 0 Å². The summed E-state index contributed by atoms with van der Waals surface area (Å²) < 4.78 is 0. The van der Waals surface area contributed by atoms with Crippen LogP contribution in [0.15, 0.2) is 6.20 Å². The number of hydrogen-bond donors (Lipinski definition) is 1. The first-order valence-corrected chi connectivity index (χ1v) is 8.11. The maximum absolute atomic E-state index is 12.1. The van der Waals surface area contributed by atoms with Gasteiger partial charge in [0, 0.05) is 50.2 Å². The van der Waals surface area contributed by atoms with Gasteiger partial charge in [-0.25, -0.2) is 4.98 Å². The molecule has 0 aromatic carbocycles. The summed E-state index contributed by atoms with van der Waals surface area (Å²) in [7, 11) is 2.05. The molecule has 1 fully saturated rings. The molecule has 0 atom stereocenters. The Bertz CT molecular complexity index is 438. The van der Waals surface area contributed by atoms with E-state index in [2.05, 4.69) is 29.2 Å². The van der Waals surface area contributed by atoms with Crippen molar-refractivity contribution in [1.82, 2.24) is 20.1 Å². The minimum atomic E-state index is 0. The van der Waals surface area contributed by atoms with Gasteiger partial charge in [-0.05, 0) is 13.5 Å². The predicted octanol–water partition coefficient (Wildman–Crippen LogP) is 1.80. The second-order valence-corrected chi connectivity index (χ2v) is 6.39. The van der Waals surface area contributed by atoms with Gasteiger partial charge in [-0.3, -0.25) is 9.69 Å². The average molecular weight is 369 g/mol. The zero-order valence-electron chi connectivity index (χ0n) is 13.2. The molecule has 2 rings (SSSR count). The molecule has 1 saturated heterocycles. The van der Waals surface area contributed by atoms with E-state index >= 15 is 0 Å². The lowest BCUT2D eigenvalue weighted by molar-refractivity contribution is -0.132. The number of hydrogen-bond acceptors (Lipinski definition) is 5. The SMILES string of the molecule is CCc1cnc(CN(C)CCC(=O)N2CCNCC2)s1.Cl.Cl. The third kappa shape index (κ3) is 6.79. The number of thiazole rings is 1. The Kier molecular flexibility index (Phi) is 11.0. The number of halogens is 2. The zero-order chi connectivity index (χ0) is 14.4. The second kappa shape index (κ2) is 11.2. The van der Waals surface area contributed by atoms with E-state index in [9.17, 15) is 4.79 Å². The van der Waals surface area contributed by atoms with Crippen molar-refractivity contribution >= 4 is 42.1 Å². The first-order valence-electron chi connectivity index (χ1n) is 7.29. The smallest absolute Gasteiger partial charge is 0.223 e. The van der Waals surface area contributed by atoms with Gasteiger partial charge in [0.2, 0.25) is 5.91 Å². The van der Waals surface area contributed by atoms with Crippen LogP contribution in [-0.2, 0) is 17.8 Å². The van der Waals surface area contributed by atoms with Crippen LogP contribution >= 0.6 is 36.2 Å². The first-order chi connectivity index (χ1) is 9.69. The first kappa shape index (κ1) is 21.6. The minimum absolute atomic E-state index is 0. The summed E-state index contributed by atoms with van der Waals surface area (Å²) in [6, 6.07) is 0. The number of aromatic nitrogens is 1. The van der Waals surface area contributed by atoms with Crippen LogP contribution in [-0.4, -0.2) is 60.5 Å². The number of nitrogens with zero attached hydrogens (tertiary/aromatic N) is 3. The number of carbonyl (C=O) groups excluding carboxylic acids is 1. The number of rotatable bonds is 6. The summed E-state index contributed by atoms with van der Waals surface area (Å²) in [5.74, 6) is 0.270. The Morgan fingerprint density at radius 2 is 2.09 bits per heavy atom. The van der Waals surface area contributed by atoms with Crippen LogP contribution in [0, 0.1) is 0 Å². The molecule has 0 aliphatic carbocycles. The molecule has 1 N–H and O–H groups in total. The molecule has 1 aromatic heterocycles. The monoisotopic (exact) mass is 368 g/mol. The standard InChI is InChI=1S/C14H24N4OS.2ClH/c1-3-12-10-16-13(20-12)11-17(2)7-4-14(19)18-8-5-15-6-9-18;;/h10,15H,3-9,11H2,1-2H3;2*1H. The van der Waals surface area contributed by atoms with E-state index in [1.165, 1.54) is 4.88 Å². The molecule has 1 aromatic rings. The van der Waals surface area contributed by atoms with Gasteiger partial charge in [0.25, 0.3) is 0 Å². The second-order valence-electron chi connectivity index (χ2n) is 5.19. The van der Waals surface area contributed by atoms with E-state index < -0.39 is 0 Å². The van der Waals surface area contributed by atoms with Crippen LogP contribution in [0.25, 0.3) is 0 Å². The number of amides is 1. The predicted molar refractivity (Wildman–Crippen MR) is 96.4 cm³/mol. The van der Waals surface area contributed by atoms with Crippen LogP contribution in [0.4, 0.5) is 0 Å². The molecule has 0 saturated carbocycles. The number of carbonyl (C=O) groups is 1. The van der Waals surface area contributed by atoms with Gasteiger partial charge < -0.3 is 10.2 Å². The van der Waals surface area contributed by atoms with Gasteiger partial charge in [-0.15, -0.1) is 36.2 Å². The average Bonchev–Trinajstić information content (AvgIpc) is 2.93. The molecule has 128 valence electrons. The van der Waals surface area contributed by atoms with Crippen molar-refractivity contribution < 1.29 is 4.79 Å². The van der Waals surface area contributed by atoms with E-state index in [1.807, 2.05) is 11.1 Å². The molecule has 22 heavy (non-hydrogen) atoms. The fraction of sp³-hybridized carbons (Fsp3) is 0.714. The molecule has 0 unspecified atom stereocenters. The van der Waals surface area contributed by atoms with Crippen LogP contribution in [0.3, 0.4) is 0 Å². The van der Waals surface area contributed by atoms with Crippen molar-refractivity contribution in [2.75, 3.05) is 39.8 Å². The van der Waals surface area contributed by atoms with E-state index in [1.54, 1.807) is 11.3 Å². The molecule has 0 bridgehead atoms. The van der Waals surface area contributed by atoms with Crippen molar-refractivity contribution in [2.45, 2.75) is 26.3 Å². The van der Waals surface area contributed by atoms with E-state index in [0.717, 1.165) is 50.7 Å². The number of nitrogens with one attached hydrogen (secondary N) is 1. The van der Waals surface area contributed by atoms with Crippen molar-refractivity contribution in [3.05, 3.63) is 16.1 Å². The summed E-state index contributed by atoms with van der Waals surface area (Å²) in [6.45, 7) is 7.29. The maximum atomic E-state index is 12.1. The Morgan fingerprint density at radius 3 is 2.68 bits per heavy atom. The molecule has 2 heterocycles. The molecule has 1 amide bonds. The quantitative estimate of drug-likeness (QED) is 0.831.